The number of likely N-dealkylation sites (tertiary alicyclic amines) is 1. The lowest BCUT2D eigenvalue weighted by molar-refractivity contribution is -0.189. The number of carbonyl (C=O) groups excluding carboxylic acids is 1. The van der Waals surface area contributed by atoms with Crippen LogP contribution in [0.3, 0.4) is 0 Å². The van der Waals surface area contributed by atoms with Crippen molar-refractivity contribution in [2.24, 2.45) is 0 Å². The third kappa shape index (κ3) is 5.85. The van der Waals surface area contributed by atoms with E-state index in [1.807, 2.05) is 43.3 Å². The highest BCUT2D eigenvalue weighted by atomic mass is 35.5. The molecule has 0 radical (unpaired) electrons. The summed E-state index contributed by atoms with van der Waals surface area (Å²) in [6, 6.07) is 18.7. The summed E-state index contributed by atoms with van der Waals surface area (Å²) in [6.07, 6.45) is -3.84. The summed E-state index contributed by atoms with van der Waals surface area (Å²) in [7, 11) is 0. The lowest BCUT2D eigenvalue weighted by Gasteiger charge is -2.38. The van der Waals surface area contributed by atoms with Crippen LogP contribution >= 0.6 is 11.6 Å². The maximum atomic E-state index is 12.6. The van der Waals surface area contributed by atoms with Crippen LogP contribution in [0.25, 0.3) is 33.7 Å². The van der Waals surface area contributed by atoms with Crippen LogP contribution in [0.4, 0.5) is 13.2 Å². The second kappa shape index (κ2) is 11.3. The van der Waals surface area contributed by atoms with Crippen molar-refractivity contribution in [1.82, 2.24) is 10.1 Å². The van der Waals surface area contributed by atoms with E-state index in [2.05, 4.69) is 21.7 Å². The number of rotatable bonds is 8. The molecule has 0 unspecified atom stereocenters. The molecule has 1 aliphatic rings. The Morgan fingerprint density at radius 2 is 1.65 bits per heavy atom. The quantitative estimate of drug-likeness (QED) is 0.161. The number of alkyl halides is 3. The van der Waals surface area contributed by atoms with Crippen molar-refractivity contribution in [3.63, 3.8) is 0 Å². The molecule has 0 N–H and O–H groups in total. The molecule has 4 aromatic rings. The maximum Gasteiger partial charge on any atom is 0.491 e. The monoisotopic (exact) mass is 570 g/mol. The van der Waals surface area contributed by atoms with Gasteiger partial charge in [0.05, 0.1) is 10.6 Å². The van der Waals surface area contributed by atoms with Gasteiger partial charge in [-0.1, -0.05) is 47.9 Å². The first kappa shape index (κ1) is 27.7. The molecule has 1 fully saturated rings. The Labute approximate surface area is 234 Å². The van der Waals surface area contributed by atoms with E-state index in [9.17, 15) is 18.0 Å². The van der Waals surface area contributed by atoms with E-state index in [1.54, 1.807) is 6.07 Å². The largest absolute Gasteiger partial charge is 0.491 e. The van der Waals surface area contributed by atoms with Gasteiger partial charge in [-0.15, -0.1) is 0 Å². The molecular weight excluding hydrogens is 545 g/mol. The number of benzene rings is 3. The van der Waals surface area contributed by atoms with Crippen molar-refractivity contribution < 1.29 is 32.0 Å². The zero-order chi connectivity index (χ0) is 28.4. The Balaban J connectivity index is 1.48. The summed E-state index contributed by atoms with van der Waals surface area (Å²) in [5.74, 6) is -1.41. The fraction of sp³-hybridized carbons (Fsp3) is 0.267. The molecule has 2 heterocycles. The minimum atomic E-state index is -5.10. The van der Waals surface area contributed by atoms with E-state index in [-0.39, 0.29) is 11.9 Å². The molecular formula is C30H26ClF3N2O4. The molecule has 0 spiro atoms. The van der Waals surface area contributed by atoms with Crippen LogP contribution in [0.15, 0.2) is 71.3 Å². The van der Waals surface area contributed by atoms with E-state index in [1.165, 1.54) is 24.3 Å². The third-order valence-electron chi connectivity index (χ3n) is 6.62. The number of hydrogen-bond donors (Lipinski definition) is 0. The van der Waals surface area contributed by atoms with E-state index in [4.69, 9.17) is 20.9 Å². The van der Waals surface area contributed by atoms with Crippen LogP contribution in [-0.4, -0.2) is 47.9 Å². The Kier molecular flexibility index (Phi) is 7.87. The van der Waals surface area contributed by atoms with Crippen molar-refractivity contribution in [1.29, 1.82) is 0 Å². The molecule has 0 bridgehead atoms. The van der Waals surface area contributed by atoms with Gasteiger partial charge in [-0.3, -0.25) is 4.90 Å². The molecule has 40 heavy (non-hydrogen) atoms. The van der Waals surface area contributed by atoms with Gasteiger partial charge in [0.2, 0.25) is 0 Å². The van der Waals surface area contributed by atoms with Crippen LogP contribution in [0.5, 0.6) is 11.5 Å². The minimum absolute atomic E-state index is 0.148. The lowest BCUT2D eigenvalue weighted by atomic mass is 9.94. The van der Waals surface area contributed by atoms with Gasteiger partial charge >= 0.3 is 12.1 Å². The van der Waals surface area contributed by atoms with Gasteiger partial charge in [0, 0.05) is 24.2 Å². The molecule has 6 nitrogen and oxygen atoms in total. The standard InChI is InChI=1S/C30H26ClF3N2O4/c1-3-15-36-16-23(17-36)38-21-11-7-19(8-12-21)26-27(25-18(2)5-4-6-24(25)31)35-40-28(26)20-9-13-22(14-10-20)39-29(37)30(32,33)34/h4-14,23H,3,15-17H2,1-2H3. The van der Waals surface area contributed by atoms with Crippen molar-refractivity contribution in [3.05, 3.63) is 77.3 Å². The Morgan fingerprint density at radius 1 is 1.00 bits per heavy atom. The van der Waals surface area contributed by atoms with Gasteiger partial charge in [-0.25, -0.2) is 4.79 Å². The maximum absolute atomic E-state index is 12.6. The average Bonchev–Trinajstić information content (AvgIpc) is 3.32. The number of esters is 1. The Morgan fingerprint density at radius 3 is 2.27 bits per heavy atom. The molecule has 0 saturated carbocycles. The molecule has 10 heteroatoms. The number of aryl methyl sites for hydroxylation is 1. The zero-order valence-corrected chi connectivity index (χ0v) is 22.6. The van der Waals surface area contributed by atoms with E-state index in [0.717, 1.165) is 42.9 Å². The normalized spacial score (nSPS) is 14.2. The second-order valence-corrected chi connectivity index (χ2v) is 10.0. The summed E-state index contributed by atoms with van der Waals surface area (Å²) in [5, 5.41) is 4.85. The average molecular weight is 571 g/mol. The highest BCUT2D eigenvalue weighted by Crippen LogP contribution is 2.43. The van der Waals surface area contributed by atoms with Gasteiger partial charge in [0.1, 0.15) is 23.3 Å². The smallest absolute Gasteiger partial charge is 0.488 e. The van der Waals surface area contributed by atoms with Crippen molar-refractivity contribution in [2.45, 2.75) is 32.5 Å². The molecule has 3 aromatic carbocycles. The SMILES string of the molecule is CCCN1CC(Oc2ccc(-c3c(-c4c(C)cccc4Cl)noc3-c3ccc(OC(=O)C(F)(F)F)cc3)cc2)C1. The van der Waals surface area contributed by atoms with Crippen LogP contribution in [0.1, 0.15) is 18.9 Å². The van der Waals surface area contributed by atoms with E-state index >= 15 is 0 Å². The lowest BCUT2D eigenvalue weighted by Crippen LogP contribution is -2.53. The summed E-state index contributed by atoms with van der Waals surface area (Å²) >= 11 is 6.58. The van der Waals surface area contributed by atoms with Gasteiger partial charge in [-0.2, -0.15) is 13.2 Å². The van der Waals surface area contributed by atoms with Gasteiger partial charge in [0.15, 0.2) is 5.76 Å². The molecule has 1 saturated heterocycles. The predicted octanol–water partition coefficient (Wildman–Crippen LogP) is 7.58. The van der Waals surface area contributed by atoms with Gasteiger partial charge in [0.25, 0.3) is 0 Å². The minimum Gasteiger partial charge on any atom is -0.488 e. The van der Waals surface area contributed by atoms with Crippen LogP contribution in [0, 0.1) is 6.92 Å². The number of hydrogen-bond acceptors (Lipinski definition) is 6. The molecule has 208 valence electrons. The van der Waals surface area contributed by atoms with Crippen LogP contribution < -0.4 is 9.47 Å². The molecule has 0 aliphatic carbocycles. The summed E-state index contributed by atoms with van der Waals surface area (Å²) in [6.45, 7) is 6.93. The first-order chi connectivity index (χ1) is 19.1. The number of aromatic nitrogens is 1. The predicted molar refractivity (Wildman–Crippen MR) is 145 cm³/mol. The summed E-state index contributed by atoms with van der Waals surface area (Å²) in [4.78, 5) is 13.6. The molecule has 0 atom stereocenters. The van der Waals surface area contributed by atoms with E-state index < -0.39 is 12.1 Å². The van der Waals surface area contributed by atoms with Crippen LogP contribution in [-0.2, 0) is 4.79 Å². The topological polar surface area (TPSA) is 64.8 Å². The summed E-state index contributed by atoms with van der Waals surface area (Å²) in [5.41, 5.74) is 4.08. The van der Waals surface area contributed by atoms with E-state index in [0.29, 0.717) is 33.2 Å². The number of ether oxygens (including phenoxy) is 2. The first-order valence-corrected chi connectivity index (χ1v) is 13.2. The molecule has 0 amide bonds. The first-order valence-electron chi connectivity index (χ1n) is 12.8. The Bertz CT molecular complexity index is 1470. The number of nitrogens with zero attached hydrogens (tertiary/aromatic N) is 2. The highest BCUT2D eigenvalue weighted by Gasteiger charge is 2.41. The summed E-state index contributed by atoms with van der Waals surface area (Å²) < 4.78 is 54.1. The van der Waals surface area contributed by atoms with Crippen molar-refractivity contribution in [2.75, 3.05) is 19.6 Å². The zero-order valence-electron chi connectivity index (χ0n) is 21.8. The Hall–Kier alpha value is -3.82. The molecule has 1 aliphatic heterocycles. The molecule has 1 aromatic heterocycles. The molecule has 5 rings (SSSR count). The number of carbonyl (C=O) groups is 1. The van der Waals surface area contributed by atoms with Crippen LogP contribution in [0.2, 0.25) is 5.02 Å². The highest BCUT2D eigenvalue weighted by molar-refractivity contribution is 6.33. The van der Waals surface area contributed by atoms with Gasteiger partial charge in [-0.05, 0) is 73.5 Å². The fourth-order valence-electron chi connectivity index (χ4n) is 4.69. The van der Waals surface area contributed by atoms with Crippen molar-refractivity contribution in [3.8, 4) is 45.2 Å². The van der Waals surface area contributed by atoms with Crippen molar-refractivity contribution >= 4 is 17.6 Å². The third-order valence-corrected chi connectivity index (χ3v) is 6.93. The van der Waals surface area contributed by atoms with Gasteiger partial charge < -0.3 is 14.0 Å². The number of halogens is 4. The second-order valence-electron chi connectivity index (χ2n) is 9.60. The fourth-order valence-corrected chi connectivity index (χ4v) is 5.00.